The molecule has 1 heterocycles. The zero-order chi connectivity index (χ0) is 19.3. The SMILES string of the molecule is COC(=O)c1cc(OC)c(OC(F)F)cc1NC(=O)Cn1cc(C)cn1. The summed E-state index contributed by atoms with van der Waals surface area (Å²) in [5, 5.41) is 6.44. The largest absolute Gasteiger partial charge is 0.493 e. The van der Waals surface area contributed by atoms with Crippen molar-refractivity contribution in [1.82, 2.24) is 9.78 Å². The topological polar surface area (TPSA) is 91.7 Å². The predicted molar refractivity (Wildman–Crippen MR) is 86.6 cm³/mol. The highest BCUT2D eigenvalue weighted by molar-refractivity contribution is 6.02. The maximum absolute atomic E-state index is 12.6. The quantitative estimate of drug-likeness (QED) is 0.753. The highest BCUT2D eigenvalue weighted by Gasteiger charge is 2.21. The van der Waals surface area contributed by atoms with E-state index < -0.39 is 18.5 Å². The van der Waals surface area contributed by atoms with Gasteiger partial charge in [-0.25, -0.2) is 4.79 Å². The molecule has 0 radical (unpaired) electrons. The van der Waals surface area contributed by atoms with Gasteiger partial charge in [0.2, 0.25) is 5.91 Å². The number of methoxy groups -OCH3 is 2. The maximum atomic E-state index is 12.6. The van der Waals surface area contributed by atoms with Crippen LogP contribution in [0.3, 0.4) is 0 Å². The van der Waals surface area contributed by atoms with Gasteiger partial charge in [0.1, 0.15) is 6.54 Å². The molecule has 0 aliphatic heterocycles. The van der Waals surface area contributed by atoms with E-state index in [1.807, 2.05) is 6.92 Å². The molecule has 0 saturated carbocycles. The van der Waals surface area contributed by atoms with Crippen molar-refractivity contribution in [3.05, 3.63) is 35.7 Å². The number of aromatic nitrogens is 2. The Hall–Kier alpha value is -3.17. The average molecular weight is 369 g/mol. The number of halogens is 2. The summed E-state index contributed by atoms with van der Waals surface area (Å²) >= 11 is 0. The number of hydrogen-bond acceptors (Lipinski definition) is 6. The van der Waals surface area contributed by atoms with Crippen LogP contribution in [-0.2, 0) is 16.1 Å². The van der Waals surface area contributed by atoms with Crippen LogP contribution in [0.1, 0.15) is 15.9 Å². The molecule has 0 saturated heterocycles. The van der Waals surface area contributed by atoms with Crippen molar-refractivity contribution in [3.8, 4) is 11.5 Å². The predicted octanol–water partition coefficient (Wildman–Crippen LogP) is 2.23. The summed E-state index contributed by atoms with van der Waals surface area (Å²) in [5.41, 5.74) is 0.739. The molecule has 1 aromatic carbocycles. The molecule has 1 aromatic heterocycles. The minimum absolute atomic E-state index is 0.0535. The third kappa shape index (κ3) is 4.68. The summed E-state index contributed by atoms with van der Waals surface area (Å²) in [7, 11) is 2.38. The molecule has 2 aromatic rings. The molecule has 0 spiro atoms. The van der Waals surface area contributed by atoms with Crippen LogP contribution in [0.5, 0.6) is 11.5 Å². The number of ether oxygens (including phenoxy) is 3. The number of benzene rings is 1. The van der Waals surface area contributed by atoms with E-state index in [-0.39, 0.29) is 29.3 Å². The fraction of sp³-hybridized carbons (Fsp3) is 0.312. The van der Waals surface area contributed by atoms with Crippen molar-refractivity contribution in [1.29, 1.82) is 0 Å². The van der Waals surface area contributed by atoms with Gasteiger partial charge in [0.05, 0.1) is 31.7 Å². The summed E-state index contributed by atoms with van der Waals surface area (Å²) in [6.45, 7) is -1.43. The molecule has 0 aliphatic carbocycles. The smallest absolute Gasteiger partial charge is 0.387 e. The van der Waals surface area contributed by atoms with E-state index in [2.05, 4.69) is 19.9 Å². The lowest BCUT2D eigenvalue weighted by Crippen LogP contribution is -2.21. The van der Waals surface area contributed by atoms with E-state index in [4.69, 9.17) is 4.74 Å². The molecule has 0 aliphatic rings. The van der Waals surface area contributed by atoms with Crippen LogP contribution in [0.2, 0.25) is 0 Å². The van der Waals surface area contributed by atoms with Crippen molar-refractivity contribution in [2.45, 2.75) is 20.1 Å². The van der Waals surface area contributed by atoms with Gasteiger partial charge in [0, 0.05) is 18.3 Å². The van der Waals surface area contributed by atoms with Gasteiger partial charge < -0.3 is 19.5 Å². The monoisotopic (exact) mass is 369 g/mol. The normalized spacial score (nSPS) is 10.5. The Morgan fingerprint density at radius 2 is 2.00 bits per heavy atom. The van der Waals surface area contributed by atoms with Crippen LogP contribution in [0.15, 0.2) is 24.5 Å². The maximum Gasteiger partial charge on any atom is 0.387 e. The lowest BCUT2D eigenvalue weighted by Gasteiger charge is -2.15. The molecule has 0 atom stereocenters. The Morgan fingerprint density at radius 1 is 1.27 bits per heavy atom. The summed E-state index contributed by atoms with van der Waals surface area (Å²) in [6, 6.07) is 2.22. The third-order valence-corrected chi connectivity index (χ3v) is 3.27. The van der Waals surface area contributed by atoms with Gasteiger partial charge in [-0.3, -0.25) is 9.48 Å². The lowest BCUT2D eigenvalue weighted by atomic mass is 10.1. The Morgan fingerprint density at radius 3 is 2.54 bits per heavy atom. The molecule has 1 amide bonds. The van der Waals surface area contributed by atoms with Crippen molar-refractivity contribution in [2.75, 3.05) is 19.5 Å². The zero-order valence-corrected chi connectivity index (χ0v) is 14.3. The number of nitrogens with one attached hydrogen (secondary N) is 1. The van der Waals surface area contributed by atoms with Gasteiger partial charge in [-0.05, 0) is 12.5 Å². The molecule has 0 bridgehead atoms. The number of anilines is 1. The molecular formula is C16H17F2N3O5. The van der Waals surface area contributed by atoms with E-state index in [1.54, 1.807) is 12.4 Å². The summed E-state index contributed by atoms with van der Waals surface area (Å²) < 4.78 is 40.5. The van der Waals surface area contributed by atoms with Crippen molar-refractivity contribution in [3.63, 3.8) is 0 Å². The van der Waals surface area contributed by atoms with E-state index in [1.165, 1.54) is 11.8 Å². The van der Waals surface area contributed by atoms with E-state index in [0.717, 1.165) is 24.8 Å². The number of carbonyl (C=O) groups is 2. The Balaban J connectivity index is 2.33. The molecule has 2 rings (SSSR count). The highest BCUT2D eigenvalue weighted by atomic mass is 19.3. The van der Waals surface area contributed by atoms with Crippen LogP contribution >= 0.6 is 0 Å². The molecular weight excluding hydrogens is 352 g/mol. The minimum Gasteiger partial charge on any atom is -0.493 e. The molecule has 140 valence electrons. The summed E-state index contributed by atoms with van der Waals surface area (Å²) in [6.07, 6.45) is 3.23. The number of aryl methyl sites for hydroxylation is 1. The van der Waals surface area contributed by atoms with Gasteiger partial charge in [0.15, 0.2) is 11.5 Å². The van der Waals surface area contributed by atoms with Gasteiger partial charge in [-0.2, -0.15) is 13.9 Å². The first-order chi connectivity index (χ1) is 12.3. The molecule has 10 heteroatoms. The lowest BCUT2D eigenvalue weighted by molar-refractivity contribution is -0.116. The number of carbonyl (C=O) groups excluding carboxylic acids is 2. The standard InChI is InChI=1S/C16H17F2N3O5/c1-9-6-19-21(7-9)8-14(22)20-11-5-13(26-16(17)18)12(24-2)4-10(11)15(23)25-3/h4-7,16H,8H2,1-3H3,(H,20,22). The van der Waals surface area contributed by atoms with Gasteiger partial charge >= 0.3 is 12.6 Å². The molecule has 0 unspecified atom stereocenters. The zero-order valence-electron chi connectivity index (χ0n) is 14.3. The second kappa shape index (κ2) is 8.28. The van der Waals surface area contributed by atoms with Crippen molar-refractivity contribution >= 4 is 17.6 Å². The first-order valence-corrected chi connectivity index (χ1v) is 7.38. The average Bonchev–Trinajstić information content (AvgIpc) is 2.98. The Bertz CT molecular complexity index is 807. The number of nitrogens with zero attached hydrogens (tertiary/aromatic N) is 2. The van der Waals surface area contributed by atoms with Crippen LogP contribution in [0.25, 0.3) is 0 Å². The highest BCUT2D eigenvalue weighted by Crippen LogP contribution is 2.35. The van der Waals surface area contributed by atoms with Crippen LogP contribution in [0, 0.1) is 6.92 Å². The fourth-order valence-corrected chi connectivity index (χ4v) is 2.18. The Kier molecular flexibility index (Phi) is 6.10. The summed E-state index contributed by atoms with van der Waals surface area (Å²) in [5.74, 6) is -1.74. The van der Waals surface area contributed by atoms with Gasteiger partial charge in [0.25, 0.3) is 0 Å². The third-order valence-electron chi connectivity index (χ3n) is 3.27. The second-order valence-corrected chi connectivity index (χ2v) is 5.18. The first kappa shape index (κ1) is 19.2. The van der Waals surface area contributed by atoms with Gasteiger partial charge in [-0.1, -0.05) is 0 Å². The molecule has 26 heavy (non-hydrogen) atoms. The Labute approximate surface area is 147 Å². The van der Waals surface area contributed by atoms with E-state index >= 15 is 0 Å². The number of hydrogen-bond donors (Lipinski definition) is 1. The molecule has 8 nitrogen and oxygen atoms in total. The van der Waals surface area contributed by atoms with Crippen LogP contribution in [-0.4, -0.2) is 42.5 Å². The summed E-state index contributed by atoms with van der Waals surface area (Å²) in [4.78, 5) is 24.1. The number of esters is 1. The van der Waals surface area contributed by atoms with E-state index in [0.29, 0.717) is 0 Å². The van der Waals surface area contributed by atoms with Crippen LogP contribution in [0.4, 0.5) is 14.5 Å². The van der Waals surface area contributed by atoms with E-state index in [9.17, 15) is 18.4 Å². The van der Waals surface area contributed by atoms with Gasteiger partial charge in [-0.15, -0.1) is 0 Å². The van der Waals surface area contributed by atoms with Crippen molar-refractivity contribution in [2.24, 2.45) is 0 Å². The number of alkyl halides is 2. The number of amides is 1. The fourth-order valence-electron chi connectivity index (χ4n) is 2.18. The second-order valence-electron chi connectivity index (χ2n) is 5.18. The molecule has 0 fully saturated rings. The van der Waals surface area contributed by atoms with Crippen molar-refractivity contribution < 1.29 is 32.6 Å². The first-order valence-electron chi connectivity index (χ1n) is 7.38. The number of rotatable bonds is 7. The molecule has 1 N–H and O–H groups in total. The van der Waals surface area contributed by atoms with Crippen LogP contribution < -0.4 is 14.8 Å². The minimum atomic E-state index is -3.11.